The predicted molar refractivity (Wildman–Crippen MR) is 135 cm³/mol. The predicted octanol–water partition coefficient (Wildman–Crippen LogP) is 4.70. The van der Waals surface area contributed by atoms with Gasteiger partial charge < -0.3 is 20.1 Å². The molecular formula is C26H21ClN2O4S. The van der Waals surface area contributed by atoms with Gasteiger partial charge in [-0.1, -0.05) is 72.3 Å². The van der Waals surface area contributed by atoms with Gasteiger partial charge in [-0.2, -0.15) is 0 Å². The molecule has 0 spiro atoms. The average Bonchev–Trinajstić information content (AvgIpc) is 2.87. The van der Waals surface area contributed by atoms with Crippen molar-refractivity contribution in [3.8, 4) is 5.75 Å². The summed E-state index contributed by atoms with van der Waals surface area (Å²) in [6.45, 7) is -0.294. The first-order valence-electron chi connectivity index (χ1n) is 10.4. The molecule has 0 radical (unpaired) electrons. The quantitative estimate of drug-likeness (QED) is 0.281. The molecule has 6 nitrogen and oxygen atoms in total. The maximum absolute atomic E-state index is 13.9. The lowest BCUT2D eigenvalue weighted by molar-refractivity contribution is -0.142. The van der Waals surface area contributed by atoms with Crippen LogP contribution in [0, 0.1) is 0 Å². The SMILES string of the molecule is COC(=O)COc1ccc(Cl)cc1C1NC(=S)NC(c2ccccc2)=C1C(=O)c1ccccc1. The molecular weight excluding hydrogens is 472 g/mol. The van der Waals surface area contributed by atoms with Crippen molar-refractivity contribution in [1.29, 1.82) is 0 Å². The van der Waals surface area contributed by atoms with Gasteiger partial charge in [0.1, 0.15) is 5.75 Å². The second kappa shape index (κ2) is 10.5. The van der Waals surface area contributed by atoms with Gasteiger partial charge >= 0.3 is 5.97 Å². The molecule has 0 amide bonds. The highest BCUT2D eigenvalue weighted by Gasteiger charge is 2.34. The number of ether oxygens (including phenoxy) is 2. The summed E-state index contributed by atoms with van der Waals surface area (Å²) >= 11 is 11.8. The first-order valence-corrected chi connectivity index (χ1v) is 11.2. The fraction of sp³-hybridized carbons (Fsp3) is 0.115. The molecule has 1 aliphatic rings. The molecule has 1 atom stereocenters. The van der Waals surface area contributed by atoms with Gasteiger partial charge in [-0.25, -0.2) is 4.79 Å². The number of hydrogen-bond acceptors (Lipinski definition) is 5. The summed E-state index contributed by atoms with van der Waals surface area (Å²) in [5.41, 5.74) is 2.91. The first-order chi connectivity index (χ1) is 16.5. The summed E-state index contributed by atoms with van der Waals surface area (Å²) in [6.07, 6.45) is 0. The Morgan fingerprint density at radius 2 is 1.68 bits per heavy atom. The summed E-state index contributed by atoms with van der Waals surface area (Å²) in [5, 5.41) is 7.13. The van der Waals surface area contributed by atoms with Crippen LogP contribution in [0.25, 0.3) is 5.70 Å². The van der Waals surface area contributed by atoms with Crippen molar-refractivity contribution in [2.45, 2.75) is 6.04 Å². The average molecular weight is 493 g/mol. The number of rotatable bonds is 7. The van der Waals surface area contributed by atoms with E-state index < -0.39 is 12.0 Å². The monoisotopic (exact) mass is 492 g/mol. The van der Waals surface area contributed by atoms with E-state index in [1.807, 2.05) is 48.5 Å². The van der Waals surface area contributed by atoms with Gasteiger partial charge in [0.05, 0.1) is 24.4 Å². The van der Waals surface area contributed by atoms with Crippen molar-refractivity contribution in [2.24, 2.45) is 0 Å². The minimum absolute atomic E-state index is 0.189. The molecule has 0 bridgehead atoms. The van der Waals surface area contributed by atoms with Crippen molar-refractivity contribution in [3.63, 3.8) is 0 Å². The summed E-state index contributed by atoms with van der Waals surface area (Å²) in [7, 11) is 1.28. The highest BCUT2D eigenvalue weighted by molar-refractivity contribution is 7.80. The molecule has 2 N–H and O–H groups in total. The molecule has 3 aromatic rings. The Labute approximate surface area is 207 Å². The maximum Gasteiger partial charge on any atom is 0.343 e. The summed E-state index contributed by atoms with van der Waals surface area (Å²) < 4.78 is 10.4. The Hall–Kier alpha value is -3.68. The third kappa shape index (κ3) is 5.11. The fourth-order valence-corrected chi connectivity index (χ4v) is 4.09. The van der Waals surface area contributed by atoms with Crippen molar-refractivity contribution in [2.75, 3.05) is 13.7 Å². The molecule has 8 heteroatoms. The number of esters is 1. The minimum Gasteiger partial charge on any atom is -0.482 e. The van der Waals surface area contributed by atoms with Crippen LogP contribution in [-0.2, 0) is 9.53 Å². The number of halogens is 1. The van der Waals surface area contributed by atoms with Gasteiger partial charge in [0, 0.05) is 16.1 Å². The van der Waals surface area contributed by atoms with Crippen LogP contribution >= 0.6 is 23.8 Å². The van der Waals surface area contributed by atoms with Crippen molar-refractivity contribution in [1.82, 2.24) is 10.6 Å². The third-order valence-electron chi connectivity index (χ3n) is 5.27. The van der Waals surface area contributed by atoms with Crippen molar-refractivity contribution in [3.05, 3.63) is 106 Å². The van der Waals surface area contributed by atoms with Crippen LogP contribution in [0.2, 0.25) is 5.02 Å². The highest BCUT2D eigenvalue weighted by Crippen LogP contribution is 2.38. The fourth-order valence-electron chi connectivity index (χ4n) is 3.69. The second-order valence-electron chi connectivity index (χ2n) is 7.43. The van der Waals surface area contributed by atoms with Gasteiger partial charge in [0.2, 0.25) is 0 Å². The van der Waals surface area contributed by atoms with Gasteiger partial charge in [-0.05, 0) is 36.0 Å². The molecule has 3 aromatic carbocycles. The molecule has 1 aliphatic heterocycles. The number of methoxy groups -OCH3 is 1. The van der Waals surface area contributed by atoms with E-state index in [9.17, 15) is 9.59 Å². The Kier molecular flexibility index (Phi) is 7.25. The molecule has 4 rings (SSSR count). The lowest BCUT2D eigenvalue weighted by Gasteiger charge is -2.32. The van der Waals surface area contributed by atoms with E-state index in [1.54, 1.807) is 30.3 Å². The van der Waals surface area contributed by atoms with Crippen LogP contribution in [0.15, 0.2) is 84.4 Å². The van der Waals surface area contributed by atoms with Crippen LogP contribution < -0.4 is 15.4 Å². The second-order valence-corrected chi connectivity index (χ2v) is 8.27. The lowest BCUT2D eigenvalue weighted by Crippen LogP contribution is -2.45. The Morgan fingerprint density at radius 3 is 2.35 bits per heavy atom. The van der Waals surface area contributed by atoms with Crippen molar-refractivity contribution >= 4 is 46.4 Å². The van der Waals surface area contributed by atoms with Gasteiger partial charge in [0.15, 0.2) is 17.5 Å². The van der Waals surface area contributed by atoms with E-state index in [1.165, 1.54) is 7.11 Å². The zero-order valence-corrected chi connectivity index (χ0v) is 19.8. The number of nitrogens with one attached hydrogen (secondary N) is 2. The van der Waals surface area contributed by atoms with Crippen LogP contribution in [-0.4, -0.2) is 30.6 Å². The number of hydrogen-bond donors (Lipinski definition) is 2. The molecule has 0 aromatic heterocycles. The minimum atomic E-state index is -0.692. The maximum atomic E-state index is 13.9. The Balaban J connectivity index is 1.90. The third-order valence-corrected chi connectivity index (χ3v) is 5.73. The number of Topliss-reactive ketones (excluding diaryl/α,β-unsaturated/α-hetero) is 1. The normalized spacial score (nSPS) is 15.2. The summed E-state index contributed by atoms with van der Waals surface area (Å²) in [5.74, 6) is -0.343. The lowest BCUT2D eigenvalue weighted by atomic mass is 9.87. The Bertz CT molecular complexity index is 1260. The topological polar surface area (TPSA) is 76.7 Å². The van der Waals surface area contributed by atoms with E-state index in [0.717, 1.165) is 5.56 Å². The molecule has 0 fully saturated rings. The van der Waals surface area contributed by atoms with Crippen molar-refractivity contribution < 1.29 is 19.1 Å². The number of benzene rings is 3. The molecule has 0 saturated heterocycles. The molecule has 1 unspecified atom stereocenters. The van der Waals surface area contributed by atoms with Crippen LogP contribution in [0.1, 0.15) is 27.5 Å². The standard InChI is InChI=1S/C26H21ClN2O4S/c1-32-21(30)15-33-20-13-12-18(27)14-19(20)24-22(25(31)17-10-6-3-7-11-17)23(28-26(34)29-24)16-8-4-2-5-9-16/h2-14,24H,15H2,1H3,(H2,28,29,34). The molecule has 34 heavy (non-hydrogen) atoms. The molecule has 1 heterocycles. The van der Waals surface area contributed by atoms with Crippen LogP contribution in [0.5, 0.6) is 5.75 Å². The molecule has 0 aliphatic carbocycles. The summed E-state index contributed by atoms with van der Waals surface area (Å²) in [4.78, 5) is 25.6. The number of carbonyl (C=O) groups excluding carboxylic acids is 2. The largest absolute Gasteiger partial charge is 0.482 e. The van der Waals surface area contributed by atoms with Gasteiger partial charge in [0.25, 0.3) is 0 Å². The first kappa shape index (κ1) is 23.5. The van der Waals surface area contributed by atoms with Crippen LogP contribution in [0.3, 0.4) is 0 Å². The van der Waals surface area contributed by atoms with E-state index in [0.29, 0.717) is 38.3 Å². The van der Waals surface area contributed by atoms with E-state index >= 15 is 0 Å². The zero-order chi connectivity index (χ0) is 24.1. The molecule has 172 valence electrons. The Morgan fingerprint density at radius 1 is 1.00 bits per heavy atom. The highest BCUT2D eigenvalue weighted by atomic mass is 35.5. The zero-order valence-electron chi connectivity index (χ0n) is 18.2. The number of thiocarbonyl (C=S) groups is 1. The number of ketones is 1. The molecule has 0 saturated carbocycles. The smallest absolute Gasteiger partial charge is 0.343 e. The van der Waals surface area contributed by atoms with E-state index in [2.05, 4.69) is 10.6 Å². The van der Waals surface area contributed by atoms with Crippen LogP contribution in [0.4, 0.5) is 0 Å². The van der Waals surface area contributed by atoms with E-state index in [-0.39, 0.29) is 12.4 Å². The van der Waals surface area contributed by atoms with E-state index in [4.69, 9.17) is 33.3 Å². The number of carbonyl (C=O) groups is 2. The van der Waals surface area contributed by atoms with Gasteiger partial charge in [-0.3, -0.25) is 4.79 Å². The van der Waals surface area contributed by atoms with Gasteiger partial charge in [-0.15, -0.1) is 0 Å². The summed E-state index contributed by atoms with van der Waals surface area (Å²) in [6, 6.07) is 22.8.